The third kappa shape index (κ3) is 3.75. The zero-order valence-electron chi connectivity index (χ0n) is 11.7. The molecule has 3 rings (SSSR count). The molecule has 0 saturated carbocycles. The summed E-state index contributed by atoms with van der Waals surface area (Å²) >= 11 is 0. The lowest BCUT2D eigenvalue weighted by molar-refractivity contribution is -0.159. The van der Waals surface area contributed by atoms with E-state index in [9.17, 15) is 13.2 Å². The van der Waals surface area contributed by atoms with Gasteiger partial charge in [0.1, 0.15) is 11.9 Å². The van der Waals surface area contributed by atoms with Crippen LogP contribution in [0.3, 0.4) is 0 Å². The second kappa shape index (κ2) is 6.21. The maximum Gasteiger partial charge on any atom is 0.471 e. The van der Waals surface area contributed by atoms with Crippen LogP contribution in [0, 0.1) is 0 Å². The molecule has 0 amide bonds. The van der Waals surface area contributed by atoms with Gasteiger partial charge in [-0.25, -0.2) is 5.43 Å². The molecule has 1 aliphatic rings. The molecule has 1 aromatic heterocycles. The van der Waals surface area contributed by atoms with E-state index in [0.717, 1.165) is 5.56 Å². The normalized spacial score (nSPS) is 19.8. The predicted molar refractivity (Wildman–Crippen MR) is 75.0 cm³/mol. The zero-order chi connectivity index (χ0) is 16.3. The maximum atomic E-state index is 12.4. The summed E-state index contributed by atoms with van der Waals surface area (Å²) in [7, 11) is 0. The second-order valence-electron chi connectivity index (χ2n) is 4.75. The topological polar surface area (TPSA) is 75.3 Å². The number of hydrogen-bond acceptors (Lipinski definition) is 5. The van der Waals surface area contributed by atoms with E-state index in [4.69, 9.17) is 0 Å². The molecule has 9 heteroatoms. The molecule has 1 unspecified atom stereocenters. The summed E-state index contributed by atoms with van der Waals surface area (Å²) in [5.74, 6) is -0.918. The molecular weight excluding hydrogens is 311 g/mol. The molecular formula is C14H12F3N5O. The summed E-state index contributed by atoms with van der Waals surface area (Å²) in [5, 5.41) is 3.33. The summed E-state index contributed by atoms with van der Waals surface area (Å²) in [6.07, 6.45) is -1.40. The van der Waals surface area contributed by atoms with Gasteiger partial charge in [0.15, 0.2) is 5.82 Å². The Morgan fingerprint density at radius 2 is 2.00 bits per heavy atom. The highest BCUT2D eigenvalue weighted by Crippen LogP contribution is 2.28. The molecule has 0 fully saturated rings. The van der Waals surface area contributed by atoms with Gasteiger partial charge >= 0.3 is 12.1 Å². The molecule has 120 valence electrons. The van der Waals surface area contributed by atoms with Crippen molar-refractivity contribution in [2.75, 3.05) is 0 Å². The van der Waals surface area contributed by atoms with E-state index < -0.39 is 18.1 Å². The highest BCUT2D eigenvalue weighted by atomic mass is 19.4. The summed E-state index contributed by atoms with van der Waals surface area (Å²) in [5.41, 5.74) is 6.61. The van der Waals surface area contributed by atoms with Gasteiger partial charge in [-0.3, -0.25) is 4.99 Å². The molecule has 2 aromatic rings. The van der Waals surface area contributed by atoms with Crippen molar-refractivity contribution in [3.8, 4) is 0 Å². The van der Waals surface area contributed by atoms with Crippen LogP contribution in [0.2, 0.25) is 0 Å². The Kier molecular flexibility index (Phi) is 4.11. The predicted octanol–water partition coefficient (Wildman–Crippen LogP) is 2.39. The van der Waals surface area contributed by atoms with Crippen LogP contribution in [0.1, 0.15) is 23.3 Å². The van der Waals surface area contributed by atoms with E-state index in [1.807, 2.05) is 30.3 Å². The van der Waals surface area contributed by atoms with E-state index in [1.165, 1.54) is 0 Å². The maximum absolute atomic E-state index is 12.4. The van der Waals surface area contributed by atoms with Gasteiger partial charge < -0.3 is 9.95 Å². The fraction of sp³-hybridized carbons (Fsp3) is 0.214. The first-order valence-electron chi connectivity index (χ1n) is 6.71. The third-order valence-electron chi connectivity index (χ3n) is 3.04. The Morgan fingerprint density at radius 1 is 1.22 bits per heavy atom. The summed E-state index contributed by atoms with van der Waals surface area (Å²) < 4.78 is 41.5. The van der Waals surface area contributed by atoms with E-state index >= 15 is 0 Å². The van der Waals surface area contributed by atoms with Gasteiger partial charge in [-0.2, -0.15) is 18.2 Å². The van der Waals surface area contributed by atoms with Crippen LogP contribution < -0.4 is 10.9 Å². The lowest BCUT2D eigenvalue weighted by atomic mass is 10.2. The van der Waals surface area contributed by atoms with Gasteiger partial charge in [-0.05, 0) is 11.6 Å². The summed E-state index contributed by atoms with van der Waals surface area (Å²) in [6, 6.07) is 9.02. The fourth-order valence-electron chi connectivity index (χ4n) is 1.91. The van der Waals surface area contributed by atoms with Crippen molar-refractivity contribution in [3.63, 3.8) is 0 Å². The number of aromatic nitrogens is 2. The largest absolute Gasteiger partial charge is 0.471 e. The fourth-order valence-corrected chi connectivity index (χ4v) is 1.91. The van der Waals surface area contributed by atoms with E-state index in [2.05, 4.69) is 30.5 Å². The number of halogens is 3. The Labute approximate surface area is 129 Å². The number of rotatable bonds is 3. The van der Waals surface area contributed by atoms with E-state index in [1.54, 1.807) is 12.2 Å². The SMILES string of the molecule is FC(F)(F)c1nc(C2C=CC(=NCc3ccccc3)NN2)no1. The van der Waals surface area contributed by atoms with Crippen molar-refractivity contribution in [2.24, 2.45) is 4.99 Å². The number of nitrogens with one attached hydrogen (secondary N) is 2. The molecule has 1 aliphatic heterocycles. The van der Waals surface area contributed by atoms with Crippen LogP contribution in [-0.2, 0) is 12.7 Å². The number of amidine groups is 1. The third-order valence-corrected chi connectivity index (χ3v) is 3.04. The Bertz CT molecular complexity index is 724. The minimum Gasteiger partial charge on any atom is -0.329 e. The van der Waals surface area contributed by atoms with Crippen LogP contribution in [0.4, 0.5) is 13.2 Å². The monoisotopic (exact) mass is 323 g/mol. The minimum atomic E-state index is -4.65. The molecule has 1 atom stereocenters. The molecule has 0 saturated heterocycles. The van der Waals surface area contributed by atoms with Crippen LogP contribution in [0.25, 0.3) is 0 Å². The minimum absolute atomic E-state index is 0.108. The smallest absolute Gasteiger partial charge is 0.329 e. The average molecular weight is 323 g/mol. The molecule has 0 aliphatic carbocycles. The Morgan fingerprint density at radius 3 is 2.61 bits per heavy atom. The number of benzene rings is 1. The second-order valence-corrected chi connectivity index (χ2v) is 4.75. The summed E-state index contributed by atoms with van der Waals surface area (Å²) in [4.78, 5) is 7.67. The molecule has 2 heterocycles. The number of hydrazine groups is 1. The Hall–Kier alpha value is -2.68. The van der Waals surface area contributed by atoms with Crippen LogP contribution in [-0.4, -0.2) is 16.0 Å². The molecule has 2 N–H and O–H groups in total. The molecule has 0 bridgehead atoms. The molecule has 1 aromatic carbocycles. The van der Waals surface area contributed by atoms with Crippen molar-refractivity contribution in [2.45, 2.75) is 18.8 Å². The quantitative estimate of drug-likeness (QED) is 0.907. The van der Waals surface area contributed by atoms with Crippen LogP contribution in [0.5, 0.6) is 0 Å². The number of nitrogens with zero attached hydrogens (tertiary/aromatic N) is 3. The van der Waals surface area contributed by atoms with Crippen molar-refractivity contribution in [3.05, 3.63) is 59.8 Å². The highest BCUT2D eigenvalue weighted by molar-refractivity contribution is 5.93. The van der Waals surface area contributed by atoms with Gasteiger partial charge in [0.2, 0.25) is 0 Å². The van der Waals surface area contributed by atoms with Crippen molar-refractivity contribution in [1.29, 1.82) is 0 Å². The van der Waals surface area contributed by atoms with Gasteiger partial charge in [0.25, 0.3) is 0 Å². The van der Waals surface area contributed by atoms with Crippen molar-refractivity contribution < 1.29 is 17.7 Å². The molecule has 0 radical (unpaired) electrons. The van der Waals surface area contributed by atoms with E-state index in [0.29, 0.717) is 12.4 Å². The van der Waals surface area contributed by atoms with E-state index in [-0.39, 0.29) is 5.82 Å². The molecule has 23 heavy (non-hydrogen) atoms. The first-order valence-corrected chi connectivity index (χ1v) is 6.71. The summed E-state index contributed by atoms with van der Waals surface area (Å²) in [6.45, 7) is 0.486. The van der Waals surface area contributed by atoms with Gasteiger partial charge in [-0.15, -0.1) is 0 Å². The number of hydrogen-bond donors (Lipinski definition) is 2. The van der Waals surface area contributed by atoms with Gasteiger partial charge in [0, 0.05) is 0 Å². The Balaban J connectivity index is 1.65. The van der Waals surface area contributed by atoms with Gasteiger partial charge in [-0.1, -0.05) is 41.6 Å². The van der Waals surface area contributed by atoms with Crippen LogP contribution in [0.15, 0.2) is 52.0 Å². The average Bonchev–Trinajstić information content (AvgIpc) is 3.05. The highest BCUT2D eigenvalue weighted by Gasteiger charge is 2.39. The van der Waals surface area contributed by atoms with Crippen molar-refractivity contribution in [1.82, 2.24) is 21.0 Å². The number of alkyl halides is 3. The lowest BCUT2D eigenvalue weighted by Gasteiger charge is -2.18. The molecule has 6 nitrogen and oxygen atoms in total. The van der Waals surface area contributed by atoms with Crippen LogP contribution >= 0.6 is 0 Å². The first kappa shape index (κ1) is 15.2. The number of aliphatic imine (C=N–C) groups is 1. The molecule has 0 spiro atoms. The van der Waals surface area contributed by atoms with Gasteiger partial charge in [0.05, 0.1) is 6.54 Å². The zero-order valence-corrected chi connectivity index (χ0v) is 11.7. The standard InChI is InChI=1S/C14H12F3N5O/c15-14(16,17)13-19-12(22-23-13)10-6-7-11(21-20-10)18-8-9-4-2-1-3-5-9/h1-7,10,20H,8H2,(H,18,21). The lowest BCUT2D eigenvalue weighted by Crippen LogP contribution is -2.42. The van der Waals surface area contributed by atoms with Crippen molar-refractivity contribution >= 4 is 5.84 Å². The first-order chi connectivity index (χ1) is 11.0.